The first-order chi connectivity index (χ1) is 9.56. The molecule has 0 unspecified atom stereocenters. The number of hydrogen-bond acceptors (Lipinski definition) is 4. The number of nitrogens with one attached hydrogen (secondary N) is 1. The first kappa shape index (κ1) is 13.8. The summed E-state index contributed by atoms with van der Waals surface area (Å²) in [5.74, 6) is 1.93. The second-order valence-corrected chi connectivity index (χ2v) is 6.38. The van der Waals surface area contributed by atoms with Crippen molar-refractivity contribution in [3.8, 4) is 0 Å². The number of halogens is 1. The van der Waals surface area contributed by atoms with Gasteiger partial charge in [0.25, 0.3) is 5.91 Å². The van der Waals surface area contributed by atoms with Crippen LogP contribution in [-0.2, 0) is 0 Å². The van der Waals surface area contributed by atoms with Gasteiger partial charge >= 0.3 is 0 Å². The van der Waals surface area contributed by atoms with Crippen molar-refractivity contribution >= 4 is 17.5 Å². The maximum Gasteiger partial charge on any atom is 0.274 e. The Bertz CT molecular complexity index is 522. The van der Waals surface area contributed by atoms with E-state index in [9.17, 15) is 4.79 Å². The van der Waals surface area contributed by atoms with Crippen LogP contribution in [0, 0.1) is 11.8 Å². The van der Waals surface area contributed by atoms with Crippen LogP contribution >= 0.6 is 11.6 Å². The normalized spacial score (nSPS) is 25.3. The highest BCUT2D eigenvalue weighted by Gasteiger charge is 2.39. The van der Waals surface area contributed by atoms with E-state index < -0.39 is 0 Å². The van der Waals surface area contributed by atoms with E-state index in [1.54, 1.807) is 0 Å². The number of carbonyl (C=O) groups is 1. The van der Waals surface area contributed by atoms with Crippen molar-refractivity contribution in [3.63, 3.8) is 0 Å². The van der Waals surface area contributed by atoms with Crippen molar-refractivity contribution < 1.29 is 4.79 Å². The molecular weight excluding hydrogens is 276 g/mol. The van der Waals surface area contributed by atoms with Crippen molar-refractivity contribution in [1.29, 1.82) is 0 Å². The van der Waals surface area contributed by atoms with Gasteiger partial charge in [-0.05, 0) is 11.8 Å². The molecule has 0 aliphatic carbocycles. The molecule has 0 spiro atoms. The molecule has 2 fully saturated rings. The van der Waals surface area contributed by atoms with Crippen LogP contribution in [-0.4, -0.2) is 47.0 Å². The highest BCUT2D eigenvalue weighted by molar-refractivity contribution is 6.33. The molecule has 0 bridgehead atoms. The number of aromatic nitrogens is 2. The zero-order valence-corrected chi connectivity index (χ0v) is 12.5. The molecule has 5 nitrogen and oxygen atoms in total. The molecule has 1 amide bonds. The van der Waals surface area contributed by atoms with Crippen molar-refractivity contribution in [2.24, 2.45) is 11.8 Å². The predicted octanol–water partition coefficient (Wildman–Crippen LogP) is 1.54. The summed E-state index contributed by atoms with van der Waals surface area (Å²) in [6, 6.07) is 0. The number of likely N-dealkylation sites (tertiary alicyclic amines) is 1. The molecule has 3 rings (SSSR count). The van der Waals surface area contributed by atoms with E-state index in [1.807, 2.05) is 18.7 Å². The largest absolute Gasteiger partial charge is 0.337 e. The Kier molecular flexibility index (Phi) is 3.65. The van der Waals surface area contributed by atoms with Gasteiger partial charge in [0.1, 0.15) is 5.82 Å². The summed E-state index contributed by atoms with van der Waals surface area (Å²) in [6.45, 7) is 7.61. The van der Waals surface area contributed by atoms with Gasteiger partial charge in [-0.15, -0.1) is 0 Å². The average molecular weight is 295 g/mol. The second-order valence-electron chi connectivity index (χ2n) is 5.97. The van der Waals surface area contributed by atoms with E-state index in [4.69, 9.17) is 11.6 Å². The molecule has 1 N–H and O–H groups in total. The van der Waals surface area contributed by atoms with E-state index in [2.05, 4.69) is 15.3 Å². The standard InChI is InChI=1S/C14H19ClN4O/c1-8(2)13-17-5-11(15)12(18-13)14(20)19-6-9-3-16-4-10(9)7-19/h5,8-10,16H,3-4,6-7H2,1-2H3/t9-,10+. The van der Waals surface area contributed by atoms with Crippen LogP contribution in [0.3, 0.4) is 0 Å². The summed E-state index contributed by atoms with van der Waals surface area (Å²) in [7, 11) is 0. The number of hydrogen-bond donors (Lipinski definition) is 1. The number of fused-ring (bicyclic) bond motifs is 1. The molecule has 2 atom stereocenters. The number of rotatable bonds is 2. The molecule has 2 aliphatic rings. The van der Waals surface area contributed by atoms with Crippen molar-refractivity contribution in [2.75, 3.05) is 26.2 Å². The zero-order valence-electron chi connectivity index (χ0n) is 11.8. The third-order valence-electron chi connectivity index (χ3n) is 4.16. The summed E-state index contributed by atoms with van der Waals surface area (Å²) in [4.78, 5) is 23.0. The van der Waals surface area contributed by atoms with E-state index in [1.165, 1.54) is 6.20 Å². The van der Waals surface area contributed by atoms with Crippen LogP contribution in [0.1, 0.15) is 36.1 Å². The van der Waals surface area contributed by atoms with Crippen molar-refractivity contribution in [2.45, 2.75) is 19.8 Å². The van der Waals surface area contributed by atoms with Crippen LogP contribution < -0.4 is 5.32 Å². The fourth-order valence-electron chi connectivity index (χ4n) is 2.98. The first-order valence-corrected chi connectivity index (χ1v) is 7.46. The SMILES string of the molecule is CC(C)c1ncc(Cl)c(C(=O)N2C[C@H]3CNC[C@H]3C2)n1. The quantitative estimate of drug-likeness (QED) is 0.899. The summed E-state index contributed by atoms with van der Waals surface area (Å²) in [6.07, 6.45) is 1.54. The maximum absolute atomic E-state index is 12.6. The lowest BCUT2D eigenvalue weighted by Crippen LogP contribution is -2.33. The summed E-state index contributed by atoms with van der Waals surface area (Å²) in [5, 5.41) is 3.71. The lowest BCUT2D eigenvalue weighted by Gasteiger charge is -2.18. The smallest absolute Gasteiger partial charge is 0.274 e. The van der Waals surface area contributed by atoms with Gasteiger partial charge in [-0.3, -0.25) is 4.79 Å². The number of nitrogens with zero attached hydrogens (tertiary/aromatic N) is 3. The van der Waals surface area contributed by atoms with Crippen LogP contribution in [0.5, 0.6) is 0 Å². The molecule has 6 heteroatoms. The lowest BCUT2D eigenvalue weighted by atomic mass is 10.0. The average Bonchev–Trinajstić information content (AvgIpc) is 2.98. The summed E-state index contributed by atoms with van der Waals surface area (Å²) in [5.41, 5.74) is 0.346. The zero-order chi connectivity index (χ0) is 14.3. The van der Waals surface area contributed by atoms with Gasteiger partial charge in [-0.2, -0.15) is 0 Å². The van der Waals surface area contributed by atoms with Gasteiger partial charge < -0.3 is 10.2 Å². The van der Waals surface area contributed by atoms with Gasteiger partial charge in [0.05, 0.1) is 11.2 Å². The lowest BCUT2D eigenvalue weighted by molar-refractivity contribution is 0.0775. The summed E-state index contributed by atoms with van der Waals surface area (Å²) < 4.78 is 0. The molecule has 2 aliphatic heterocycles. The monoisotopic (exact) mass is 294 g/mol. The van der Waals surface area contributed by atoms with E-state index in [0.717, 1.165) is 26.2 Å². The Morgan fingerprint density at radius 2 is 2.05 bits per heavy atom. The second kappa shape index (κ2) is 5.30. The highest BCUT2D eigenvalue weighted by atomic mass is 35.5. The van der Waals surface area contributed by atoms with Crippen LogP contribution in [0.2, 0.25) is 5.02 Å². The van der Waals surface area contributed by atoms with Gasteiger partial charge in [0.15, 0.2) is 5.69 Å². The van der Waals surface area contributed by atoms with Gasteiger partial charge in [0.2, 0.25) is 0 Å². The van der Waals surface area contributed by atoms with Crippen molar-refractivity contribution in [1.82, 2.24) is 20.2 Å². The first-order valence-electron chi connectivity index (χ1n) is 7.08. The molecule has 1 aromatic rings. The summed E-state index contributed by atoms with van der Waals surface area (Å²) >= 11 is 6.11. The van der Waals surface area contributed by atoms with Crippen LogP contribution in [0.15, 0.2) is 6.20 Å². The minimum atomic E-state index is -0.0614. The number of amides is 1. The molecule has 108 valence electrons. The van der Waals surface area contributed by atoms with Crippen LogP contribution in [0.25, 0.3) is 0 Å². The molecule has 2 saturated heterocycles. The van der Waals surface area contributed by atoms with E-state index in [-0.39, 0.29) is 11.8 Å². The van der Waals surface area contributed by atoms with Crippen LogP contribution in [0.4, 0.5) is 0 Å². The maximum atomic E-state index is 12.6. The molecule has 0 aromatic carbocycles. The Balaban J connectivity index is 1.82. The third-order valence-corrected chi connectivity index (χ3v) is 4.44. The van der Waals surface area contributed by atoms with E-state index in [0.29, 0.717) is 28.4 Å². The minimum absolute atomic E-state index is 0.0614. The van der Waals surface area contributed by atoms with Crippen molar-refractivity contribution in [3.05, 3.63) is 22.7 Å². The van der Waals surface area contributed by atoms with E-state index >= 15 is 0 Å². The fraction of sp³-hybridized carbons (Fsp3) is 0.643. The molecule has 0 radical (unpaired) electrons. The fourth-order valence-corrected chi connectivity index (χ4v) is 3.15. The minimum Gasteiger partial charge on any atom is -0.337 e. The van der Waals surface area contributed by atoms with Gasteiger partial charge in [-0.1, -0.05) is 25.4 Å². The Morgan fingerprint density at radius 1 is 1.40 bits per heavy atom. The number of carbonyl (C=O) groups excluding carboxylic acids is 1. The Morgan fingerprint density at radius 3 is 2.65 bits per heavy atom. The molecular formula is C14H19ClN4O. The highest BCUT2D eigenvalue weighted by Crippen LogP contribution is 2.28. The molecule has 3 heterocycles. The van der Waals surface area contributed by atoms with Gasteiger partial charge in [-0.25, -0.2) is 9.97 Å². The predicted molar refractivity (Wildman–Crippen MR) is 76.9 cm³/mol. The van der Waals surface area contributed by atoms with Gasteiger partial charge in [0, 0.05) is 32.1 Å². The Labute approximate surface area is 123 Å². The third kappa shape index (κ3) is 2.40. The Hall–Kier alpha value is -1.20. The molecule has 20 heavy (non-hydrogen) atoms. The molecule has 0 saturated carbocycles. The molecule has 1 aromatic heterocycles. The topological polar surface area (TPSA) is 58.1 Å².